The van der Waals surface area contributed by atoms with E-state index in [1.807, 2.05) is 13.0 Å². The molecule has 0 N–H and O–H groups in total. The molecule has 0 aliphatic carbocycles. The molecule has 1 aromatic carbocycles. The molecule has 2 heteroatoms. The van der Waals surface area contributed by atoms with Gasteiger partial charge in [-0.1, -0.05) is 30.3 Å². The Bertz CT molecular complexity index is 534. The van der Waals surface area contributed by atoms with Gasteiger partial charge in [-0.05, 0) is 18.1 Å². The fourth-order valence-corrected chi connectivity index (χ4v) is 2.25. The van der Waals surface area contributed by atoms with Crippen LogP contribution >= 0.6 is 0 Å². The molecule has 0 fully saturated rings. The Morgan fingerprint density at radius 1 is 1.24 bits per heavy atom. The van der Waals surface area contributed by atoms with E-state index < -0.39 is 0 Å². The Kier molecular flexibility index (Phi) is 2.65. The van der Waals surface area contributed by atoms with Crippen molar-refractivity contribution in [1.82, 2.24) is 4.98 Å². The quantitative estimate of drug-likeness (QED) is 0.782. The molecule has 1 aliphatic heterocycles. The minimum Gasteiger partial charge on any atom is -0.372 e. The van der Waals surface area contributed by atoms with Crippen molar-refractivity contribution in [2.45, 2.75) is 26.6 Å². The zero-order valence-corrected chi connectivity index (χ0v) is 9.86. The summed E-state index contributed by atoms with van der Waals surface area (Å²) < 4.78 is 5.48. The molecular weight excluding hydrogens is 210 g/mol. The molecule has 85 valence electrons. The first-order valence-electron chi connectivity index (χ1n) is 5.85. The molecule has 0 saturated carbocycles. The molecule has 1 radical (unpaired) electrons. The Hall–Kier alpha value is -1.67. The van der Waals surface area contributed by atoms with Crippen molar-refractivity contribution in [2.24, 2.45) is 0 Å². The molecule has 1 aromatic heterocycles. The highest BCUT2D eigenvalue weighted by atomic mass is 16.5. The van der Waals surface area contributed by atoms with Gasteiger partial charge in [-0.2, -0.15) is 0 Å². The lowest BCUT2D eigenvalue weighted by Crippen LogP contribution is -2.01. The summed E-state index contributed by atoms with van der Waals surface area (Å²) in [6.45, 7) is 3.36. The van der Waals surface area contributed by atoms with Gasteiger partial charge in [0.25, 0.3) is 0 Å². The van der Waals surface area contributed by atoms with Gasteiger partial charge in [-0.3, -0.25) is 4.98 Å². The SMILES string of the molecule is Cc1[c]c2c(c(Cc3ccccc3)n1)COC2. The number of fused-ring (bicyclic) bond motifs is 1. The molecule has 0 amide bonds. The smallest absolute Gasteiger partial charge is 0.0743 e. The summed E-state index contributed by atoms with van der Waals surface area (Å²) in [6.07, 6.45) is 0.877. The van der Waals surface area contributed by atoms with E-state index in [2.05, 4.69) is 35.3 Å². The van der Waals surface area contributed by atoms with E-state index in [9.17, 15) is 0 Å². The van der Waals surface area contributed by atoms with Gasteiger partial charge in [0, 0.05) is 23.7 Å². The van der Waals surface area contributed by atoms with Crippen LogP contribution in [0.25, 0.3) is 0 Å². The summed E-state index contributed by atoms with van der Waals surface area (Å²) in [6, 6.07) is 13.7. The average Bonchev–Trinajstić information content (AvgIpc) is 2.78. The molecule has 0 atom stereocenters. The van der Waals surface area contributed by atoms with E-state index in [1.54, 1.807) is 0 Å². The summed E-state index contributed by atoms with van der Waals surface area (Å²) in [4.78, 5) is 4.60. The standard InChI is InChI=1S/C15H14NO/c1-11-7-13-9-17-10-14(13)15(16-11)8-12-5-3-2-4-6-12/h2-6H,8-10H2,1H3. The summed E-state index contributed by atoms with van der Waals surface area (Å²) in [5.74, 6) is 0. The number of benzene rings is 1. The van der Waals surface area contributed by atoms with Crippen molar-refractivity contribution in [3.05, 3.63) is 64.5 Å². The van der Waals surface area contributed by atoms with Gasteiger partial charge in [0.15, 0.2) is 0 Å². The topological polar surface area (TPSA) is 22.1 Å². The Balaban J connectivity index is 1.98. The fraction of sp³-hybridized carbons (Fsp3) is 0.267. The van der Waals surface area contributed by atoms with Crippen LogP contribution in [0.4, 0.5) is 0 Å². The molecule has 17 heavy (non-hydrogen) atoms. The van der Waals surface area contributed by atoms with Crippen LogP contribution in [0.15, 0.2) is 30.3 Å². The molecule has 2 nitrogen and oxygen atoms in total. The third kappa shape index (κ3) is 2.08. The predicted octanol–water partition coefficient (Wildman–Crippen LogP) is 2.81. The van der Waals surface area contributed by atoms with Gasteiger partial charge in [-0.15, -0.1) is 0 Å². The molecule has 3 rings (SSSR count). The number of hydrogen-bond donors (Lipinski definition) is 0. The molecule has 2 aromatic rings. The normalized spacial score (nSPS) is 13.7. The molecule has 2 heterocycles. The van der Waals surface area contributed by atoms with E-state index in [4.69, 9.17) is 4.74 Å². The van der Waals surface area contributed by atoms with Crippen LogP contribution in [0.5, 0.6) is 0 Å². The van der Waals surface area contributed by atoms with Crippen LogP contribution in [0.3, 0.4) is 0 Å². The highest BCUT2D eigenvalue weighted by Crippen LogP contribution is 2.24. The van der Waals surface area contributed by atoms with Crippen molar-refractivity contribution < 1.29 is 4.74 Å². The molecular formula is C15H14NO. The van der Waals surface area contributed by atoms with E-state index in [0.717, 1.165) is 17.8 Å². The van der Waals surface area contributed by atoms with Gasteiger partial charge in [0.05, 0.1) is 18.9 Å². The molecule has 1 aliphatic rings. The minimum absolute atomic E-state index is 0.681. The Labute approximate surface area is 101 Å². The van der Waals surface area contributed by atoms with E-state index >= 15 is 0 Å². The second-order valence-corrected chi connectivity index (χ2v) is 4.38. The summed E-state index contributed by atoms with van der Waals surface area (Å²) >= 11 is 0. The molecule has 0 spiro atoms. The van der Waals surface area contributed by atoms with Crippen molar-refractivity contribution in [1.29, 1.82) is 0 Å². The first kappa shape index (κ1) is 10.5. The fourth-order valence-electron chi connectivity index (χ4n) is 2.25. The first-order valence-corrected chi connectivity index (χ1v) is 5.85. The van der Waals surface area contributed by atoms with Crippen LogP contribution in [0, 0.1) is 13.0 Å². The number of hydrogen-bond acceptors (Lipinski definition) is 2. The lowest BCUT2D eigenvalue weighted by Gasteiger charge is -2.07. The maximum atomic E-state index is 5.48. The van der Waals surface area contributed by atoms with Gasteiger partial charge < -0.3 is 4.74 Å². The van der Waals surface area contributed by atoms with Gasteiger partial charge in [-0.25, -0.2) is 0 Å². The molecule has 0 bridgehead atoms. The van der Waals surface area contributed by atoms with Gasteiger partial charge in [0.1, 0.15) is 0 Å². The number of nitrogens with zero attached hydrogens (tertiary/aromatic N) is 1. The maximum absolute atomic E-state index is 5.48. The second-order valence-electron chi connectivity index (χ2n) is 4.38. The predicted molar refractivity (Wildman–Crippen MR) is 65.6 cm³/mol. The minimum atomic E-state index is 0.681. The Morgan fingerprint density at radius 3 is 2.88 bits per heavy atom. The zero-order chi connectivity index (χ0) is 11.7. The third-order valence-electron chi connectivity index (χ3n) is 3.05. The largest absolute Gasteiger partial charge is 0.372 e. The third-order valence-corrected chi connectivity index (χ3v) is 3.05. The first-order chi connectivity index (χ1) is 8.33. The van der Waals surface area contributed by atoms with E-state index in [-0.39, 0.29) is 0 Å². The Morgan fingerprint density at radius 2 is 2.06 bits per heavy atom. The monoisotopic (exact) mass is 224 g/mol. The van der Waals surface area contributed by atoms with Gasteiger partial charge in [0.2, 0.25) is 0 Å². The molecule has 0 unspecified atom stereocenters. The summed E-state index contributed by atoms with van der Waals surface area (Å²) in [5, 5.41) is 0. The van der Waals surface area contributed by atoms with Crippen molar-refractivity contribution in [3.8, 4) is 0 Å². The van der Waals surface area contributed by atoms with Crippen LogP contribution in [0.2, 0.25) is 0 Å². The number of aryl methyl sites for hydroxylation is 1. The zero-order valence-electron chi connectivity index (χ0n) is 9.86. The van der Waals surface area contributed by atoms with Crippen molar-refractivity contribution in [2.75, 3.05) is 0 Å². The van der Waals surface area contributed by atoms with Crippen LogP contribution < -0.4 is 0 Å². The summed E-state index contributed by atoms with van der Waals surface area (Å²) in [5.41, 5.74) is 5.81. The maximum Gasteiger partial charge on any atom is 0.0743 e. The average molecular weight is 224 g/mol. The highest BCUT2D eigenvalue weighted by Gasteiger charge is 2.17. The number of ether oxygens (including phenoxy) is 1. The number of rotatable bonds is 2. The van der Waals surface area contributed by atoms with Crippen molar-refractivity contribution >= 4 is 0 Å². The van der Waals surface area contributed by atoms with E-state index in [0.29, 0.717) is 13.2 Å². The van der Waals surface area contributed by atoms with Crippen molar-refractivity contribution in [3.63, 3.8) is 0 Å². The second kappa shape index (κ2) is 4.30. The lowest BCUT2D eigenvalue weighted by molar-refractivity contribution is 0.134. The van der Waals surface area contributed by atoms with Crippen LogP contribution in [-0.2, 0) is 24.4 Å². The lowest BCUT2D eigenvalue weighted by atomic mass is 10.0. The number of pyridine rings is 1. The highest BCUT2D eigenvalue weighted by molar-refractivity contribution is 5.36. The number of aromatic nitrogens is 1. The molecule has 0 saturated heterocycles. The van der Waals surface area contributed by atoms with Gasteiger partial charge >= 0.3 is 0 Å². The van der Waals surface area contributed by atoms with Crippen LogP contribution in [0.1, 0.15) is 28.1 Å². The van der Waals surface area contributed by atoms with E-state index in [1.165, 1.54) is 16.7 Å². The van der Waals surface area contributed by atoms with Crippen LogP contribution in [-0.4, -0.2) is 4.98 Å². The summed E-state index contributed by atoms with van der Waals surface area (Å²) in [7, 11) is 0.